The van der Waals surface area contributed by atoms with Crippen molar-refractivity contribution in [2.45, 2.75) is 18.9 Å². The molecule has 1 aliphatic rings. The van der Waals surface area contributed by atoms with Crippen molar-refractivity contribution in [1.82, 2.24) is 24.9 Å². The van der Waals surface area contributed by atoms with Crippen LogP contribution in [0.15, 0.2) is 42.7 Å². The first-order valence-corrected chi connectivity index (χ1v) is 8.89. The SMILES string of the molecule is Nc1ccc(C(=O)N2CCC(n3cc(-c4cc(F)cc(F)c4)nn3)CC2)cn1. The molecule has 1 amide bonds. The second kappa shape index (κ2) is 7.34. The van der Waals surface area contributed by atoms with Crippen LogP contribution in [0.4, 0.5) is 14.6 Å². The molecule has 3 aromatic rings. The Morgan fingerprint density at radius 2 is 1.82 bits per heavy atom. The van der Waals surface area contributed by atoms with Gasteiger partial charge in [-0.1, -0.05) is 5.21 Å². The second-order valence-corrected chi connectivity index (χ2v) is 6.74. The number of likely N-dealkylation sites (tertiary alicyclic amines) is 1. The van der Waals surface area contributed by atoms with Crippen molar-refractivity contribution in [2.75, 3.05) is 18.8 Å². The molecule has 2 aromatic heterocycles. The number of carbonyl (C=O) groups excluding carboxylic acids is 1. The third-order valence-electron chi connectivity index (χ3n) is 4.83. The minimum absolute atomic E-state index is 0.0632. The molecule has 1 fully saturated rings. The molecule has 0 aliphatic carbocycles. The molecule has 0 radical (unpaired) electrons. The molecule has 9 heteroatoms. The molecule has 1 saturated heterocycles. The van der Waals surface area contributed by atoms with Gasteiger partial charge in [0.05, 0.1) is 17.8 Å². The van der Waals surface area contributed by atoms with Gasteiger partial charge in [0.25, 0.3) is 5.91 Å². The Morgan fingerprint density at radius 3 is 2.46 bits per heavy atom. The van der Waals surface area contributed by atoms with Crippen molar-refractivity contribution < 1.29 is 13.6 Å². The van der Waals surface area contributed by atoms with E-state index in [9.17, 15) is 13.6 Å². The third-order valence-corrected chi connectivity index (χ3v) is 4.83. The number of nitrogen functional groups attached to an aromatic ring is 1. The fraction of sp³-hybridized carbons (Fsp3) is 0.263. The van der Waals surface area contributed by atoms with Crippen LogP contribution in [0.5, 0.6) is 0 Å². The number of aromatic nitrogens is 4. The highest BCUT2D eigenvalue weighted by Gasteiger charge is 2.25. The van der Waals surface area contributed by atoms with E-state index in [2.05, 4.69) is 15.3 Å². The number of nitrogens with two attached hydrogens (primary N) is 1. The highest BCUT2D eigenvalue weighted by molar-refractivity contribution is 5.94. The second-order valence-electron chi connectivity index (χ2n) is 6.74. The van der Waals surface area contributed by atoms with Crippen LogP contribution in [-0.2, 0) is 0 Å². The van der Waals surface area contributed by atoms with E-state index in [0.717, 1.165) is 6.07 Å². The maximum Gasteiger partial charge on any atom is 0.255 e. The molecule has 0 atom stereocenters. The van der Waals surface area contributed by atoms with Gasteiger partial charge in [0.1, 0.15) is 23.1 Å². The zero-order chi connectivity index (χ0) is 19.7. The van der Waals surface area contributed by atoms with Gasteiger partial charge >= 0.3 is 0 Å². The van der Waals surface area contributed by atoms with E-state index in [-0.39, 0.29) is 11.9 Å². The van der Waals surface area contributed by atoms with Crippen LogP contribution in [0, 0.1) is 11.6 Å². The molecule has 144 valence electrons. The maximum absolute atomic E-state index is 13.4. The Bertz CT molecular complexity index is 976. The number of carbonyl (C=O) groups is 1. The first kappa shape index (κ1) is 18.0. The van der Waals surface area contributed by atoms with Crippen molar-refractivity contribution in [3.63, 3.8) is 0 Å². The van der Waals surface area contributed by atoms with Crippen LogP contribution >= 0.6 is 0 Å². The number of hydrogen-bond acceptors (Lipinski definition) is 5. The summed E-state index contributed by atoms with van der Waals surface area (Å²) in [4.78, 5) is 18.3. The number of benzene rings is 1. The van der Waals surface area contributed by atoms with Crippen molar-refractivity contribution in [2.24, 2.45) is 0 Å². The summed E-state index contributed by atoms with van der Waals surface area (Å²) < 4.78 is 28.5. The summed E-state index contributed by atoms with van der Waals surface area (Å²) in [6.07, 6.45) is 4.56. The first-order chi connectivity index (χ1) is 13.5. The molecule has 28 heavy (non-hydrogen) atoms. The quantitative estimate of drug-likeness (QED) is 0.750. The number of halogens is 2. The average Bonchev–Trinajstić information content (AvgIpc) is 3.18. The normalized spacial score (nSPS) is 15.0. The Morgan fingerprint density at radius 1 is 1.11 bits per heavy atom. The smallest absolute Gasteiger partial charge is 0.255 e. The van der Waals surface area contributed by atoms with Crippen LogP contribution < -0.4 is 5.73 Å². The summed E-state index contributed by atoms with van der Waals surface area (Å²) in [5.74, 6) is -1.03. The minimum atomic E-state index is -0.659. The van der Waals surface area contributed by atoms with Gasteiger partial charge < -0.3 is 10.6 Å². The topological polar surface area (TPSA) is 89.9 Å². The lowest BCUT2D eigenvalue weighted by Crippen LogP contribution is -2.39. The zero-order valence-electron chi connectivity index (χ0n) is 14.9. The summed E-state index contributed by atoms with van der Waals surface area (Å²) in [6.45, 7) is 1.13. The van der Waals surface area contributed by atoms with E-state index in [1.165, 1.54) is 18.3 Å². The largest absolute Gasteiger partial charge is 0.384 e. The number of nitrogens with zero attached hydrogens (tertiary/aromatic N) is 5. The number of pyridine rings is 1. The van der Waals surface area contributed by atoms with E-state index >= 15 is 0 Å². The van der Waals surface area contributed by atoms with Crippen LogP contribution in [-0.4, -0.2) is 43.9 Å². The van der Waals surface area contributed by atoms with Crippen molar-refractivity contribution >= 4 is 11.7 Å². The van der Waals surface area contributed by atoms with Gasteiger partial charge in [-0.05, 0) is 37.1 Å². The highest BCUT2D eigenvalue weighted by atomic mass is 19.1. The predicted octanol–water partition coefficient (Wildman–Crippen LogP) is 2.68. The highest BCUT2D eigenvalue weighted by Crippen LogP contribution is 2.25. The molecule has 2 N–H and O–H groups in total. The Balaban J connectivity index is 1.42. The molecule has 3 heterocycles. The van der Waals surface area contributed by atoms with Gasteiger partial charge in [-0.2, -0.15) is 0 Å². The third kappa shape index (κ3) is 3.68. The fourth-order valence-corrected chi connectivity index (χ4v) is 3.34. The lowest BCUT2D eigenvalue weighted by molar-refractivity contribution is 0.0689. The van der Waals surface area contributed by atoms with Crippen LogP contribution in [0.2, 0.25) is 0 Å². The molecule has 4 rings (SSSR count). The van der Waals surface area contributed by atoms with E-state index < -0.39 is 11.6 Å². The number of anilines is 1. The Labute approximate surface area is 159 Å². The summed E-state index contributed by atoms with van der Waals surface area (Å²) in [5, 5.41) is 8.14. The first-order valence-electron chi connectivity index (χ1n) is 8.89. The number of rotatable bonds is 3. The lowest BCUT2D eigenvalue weighted by Gasteiger charge is -2.31. The van der Waals surface area contributed by atoms with E-state index in [4.69, 9.17) is 5.73 Å². The predicted molar refractivity (Wildman–Crippen MR) is 98.2 cm³/mol. The molecule has 0 bridgehead atoms. The average molecular weight is 384 g/mol. The molecular weight excluding hydrogens is 366 g/mol. The van der Waals surface area contributed by atoms with Crippen LogP contribution in [0.3, 0.4) is 0 Å². The molecule has 1 aliphatic heterocycles. The monoisotopic (exact) mass is 384 g/mol. The van der Waals surface area contributed by atoms with Gasteiger partial charge in [0.2, 0.25) is 0 Å². The van der Waals surface area contributed by atoms with Gasteiger partial charge in [-0.3, -0.25) is 4.79 Å². The Hall–Kier alpha value is -3.36. The Kier molecular flexibility index (Phi) is 4.72. The number of hydrogen-bond donors (Lipinski definition) is 1. The van der Waals surface area contributed by atoms with Crippen LogP contribution in [0.25, 0.3) is 11.3 Å². The molecular formula is C19H18F2N6O. The number of amides is 1. The van der Waals surface area contributed by atoms with Crippen molar-refractivity contribution in [1.29, 1.82) is 0 Å². The fourth-order valence-electron chi connectivity index (χ4n) is 3.34. The van der Waals surface area contributed by atoms with Crippen LogP contribution in [0.1, 0.15) is 29.2 Å². The van der Waals surface area contributed by atoms with Crippen molar-refractivity contribution in [3.05, 3.63) is 59.9 Å². The van der Waals surface area contributed by atoms with Gasteiger partial charge in [0, 0.05) is 30.9 Å². The summed E-state index contributed by atoms with van der Waals surface area (Å²) >= 11 is 0. The van der Waals surface area contributed by atoms with E-state index in [1.54, 1.807) is 27.9 Å². The molecule has 7 nitrogen and oxygen atoms in total. The van der Waals surface area contributed by atoms with Gasteiger partial charge in [-0.15, -0.1) is 5.10 Å². The molecule has 0 saturated carbocycles. The minimum Gasteiger partial charge on any atom is -0.384 e. The maximum atomic E-state index is 13.4. The summed E-state index contributed by atoms with van der Waals surface area (Å²) in [5.41, 5.74) is 6.81. The van der Waals surface area contributed by atoms with E-state index in [0.29, 0.717) is 48.6 Å². The lowest BCUT2D eigenvalue weighted by atomic mass is 10.0. The number of piperidine rings is 1. The summed E-state index contributed by atoms with van der Waals surface area (Å²) in [7, 11) is 0. The van der Waals surface area contributed by atoms with Crippen molar-refractivity contribution in [3.8, 4) is 11.3 Å². The molecule has 1 aromatic carbocycles. The molecule has 0 spiro atoms. The van der Waals surface area contributed by atoms with Gasteiger partial charge in [-0.25, -0.2) is 18.4 Å². The van der Waals surface area contributed by atoms with E-state index in [1.807, 2.05) is 0 Å². The molecule has 0 unspecified atom stereocenters. The zero-order valence-corrected chi connectivity index (χ0v) is 14.9. The summed E-state index contributed by atoms with van der Waals surface area (Å²) in [6, 6.07) is 6.59. The standard InChI is InChI=1S/C19H18F2N6O/c20-14-7-13(8-15(21)9-14)17-11-27(25-24-17)16-3-5-26(6-4-16)19(28)12-1-2-18(22)23-10-12/h1-2,7-11,16H,3-6H2,(H2,22,23). The van der Waals surface area contributed by atoms with Gasteiger partial charge in [0.15, 0.2) is 0 Å².